The van der Waals surface area contributed by atoms with Gasteiger partial charge in [-0.25, -0.2) is 8.42 Å². The molecule has 2 unspecified atom stereocenters. The maximum Gasteiger partial charge on any atom is 0.325 e. The van der Waals surface area contributed by atoms with Gasteiger partial charge < -0.3 is 14.8 Å². The van der Waals surface area contributed by atoms with Crippen molar-refractivity contribution in [3.63, 3.8) is 0 Å². The molecule has 0 radical (unpaired) electrons. The third-order valence-electron chi connectivity index (χ3n) is 6.04. The Morgan fingerprint density at radius 1 is 1.03 bits per heavy atom. The van der Waals surface area contributed by atoms with Crippen molar-refractivity contribution in [2.24, 2.45) is 5.92 Å². The van der Waals surface area contributed by atoms with Crippen molar-refractivity contribution >= 4 is 21.9 Å². The maximum atomic E-state index is 13.7. The molecule has 1 amide bonds. The SMILES string of the molecule is COc1ccc(S(=O)(=O)N2CCCCC(C(=O)NCCc3ccccc3)C2C(=O)OC(C)(C)C)cc1. The lowest BCUT2D eigenvalue weighted by molar-refractivity contribution is -0.163. The Bertz CT molecular complexity index is 1130. The smallest absolute Gasteiger partial charge is 0.325 e. The zero-order valence-corrected chi connectivity index (χ0v) is 22.2. The summed E-state index contributed by atoms with van der Waals surface area (Å²) < 4.78 is 39.4. The number of hydrogen-bond acceptors (Lipinski definition) is 6. The molecule has 3 rings (SSSR count). The first-order valence-corrected chi connectivity index (χ1v) is 13.7. The third-order valence-corrected chi connectivity index (χ3v) is 7.94. The minimum Gasteiger partial charge on any atom is -0.497 e. The molecular weight excluding hydrogens is 480 g/mol. The van der Waals surface area contributed by atoms with Gasteiger partial charge in [0.15, 0.2) is 0 Å². The summed E-state index contributed by atoms with van der Waals surface area (Å²) in [7, 11) is -2.60. The van der Waals surface area contributed by atoms with Gasteiger partial charge in [-0.1, -0.05) is 36.8 Å². The van der Waals surface area contributed by atoms with E-state index >= 15 is 0 Å². The summed E-state index contributed by atoms with van der Waals surface area (Å²) >= 11 is 0. The zero-order valence-electron chi connectivity index (χ0n) is 21.4. The third kappa shape index (κ3) is 7.07. The van der Waals surface area contributed by atoms with Gasteiger partial charge in [-0.05, 0) is 69.9 Å². The number of sulfonamides is 1. The number of ether oxygens (including phenoxy) is 2. The number of benzene rings is 2. The number of nitrogens with zero attached hydrogens (tertiary/aromatic N) is 1. The number of hydrogen-bond donors (Lipinski definition) is 1. The van der Waals surface area contributed by atoms with Crippen LogP contribution in [-0.4, -0.2) is 56.4 Å². The van der Waals surface area contributed by atoms with E-state index in [2.05, 4.69) is 5.32 Å². The molecule has 1 N–H and O–H groups in total. The van der Waals surface area contributed by atoms with Crippen molar-refractivity contribution in [1.82, 2.24) is 9.62 Å². The zero-order chi connectivity index (χ0) is 26.3. The van der Waals surface area contributed by atoms with Crippen molar-refractivity contribution in [2.75, 3.05) is 20.2 Å². The molecule has 1 fully saturated rings. The van der Waals surface area contributed by atoms with E-state index in [0.717, 1.165) is 9.87 Å². The quantitative estimate of drug-likeness (QED) is 0.539. The molecule has 9 heteroatoms. The van der Waals surface area contributed by atoms with Gasteiger partial charge >= 0.3 is 5.97 Å². The van der Waals surface area contributed by atoms with Crippen molar-refractivity contribution in [3.05, 3.63) is 60.2 Å². The second kappa shape index (κ2) is 11.9. The molecule has 0 saturated carbocycles. The normalized spacial score (nSPS) is 19.2. The van der Waals surface area contributed by atoms with Gasteiger partial charge in [0.05, 0.1) is 17.9 Å². The van der Waals surface area contributed by atoms with Crippen LogP contribution >= 0.6 is 0 Å². The second-order valence-corrected chi connectivity index (χ2v) is 11.8. The summed E-state index contributed by atoms with van der Waals surface area (Å²) in [5.74, 6) is -1.42. The number of rotatable bonds is 8. The fraction of sp³-hybridized carbons (Fsp3) is 0.481. The van der Waals surface area contributed by atoms with Crippen LogP contribution in [0, 0.1) is 5.92 Å². The molecule has 8 nitrogen and oxygen atoms in total. The lowest BCUT2D eigenvalue weighted by atomic mass is 9.94. The van der Waals surface area contributed by atoms with Gasteiger partial charge in [0.1, 0.15) is 17.4 Å². The molecule has 0 aliphatic carbocycles. The molecular formula is C27H36N2O6S. The van der Waals surface area contributed by atoms with Crippen LogP contribution in [-0.2, 0) is 30.8 Å². The highest BCUT2D eigenvalue weighted by molar-refractivity contribution is 7.89. The van der Waals surface area contributed by atoms with Gasteiger partial charge in [0.25, 0.3) is 0 Å². The van der Waals surface area contributed by atoms with E-state index in [9.17, 15) is 18.0 Å². The lowest BCUT2D eigenvalue weighted by Gasteiger charge is -2.34. The first-order chi connectivity index (χ1) is 17.0. The van der Waals surface area contributed by atoms with Gasteiger partial charge in [0.2, 0.25) is 15.9 Å². The number of carbonyl (C=O) groups is 2. The Hall–Kier alpha value is -2.91. The molecule has 0 aromatic heterocycles. The van der Waals surface area contributed by atoms with Crippen LogP contribution < -0.4 is 10.1 Å². The molecule has 1 aliphatic heterocycles. The van der Waals surface area contributed by atoms with E-state index in [-0.39, 0.29) is 17.3 Å². The van der Waals surface area contributed by atoms with E-state index in [1.165, 1.54) is 19.2 Å². The fourth-order valence-corrected chi connectivity index (χ4v) is 5.96. The highest BCUT2D eigenvalue weighted by Gasteiger charge is 2.46. The predicted molar refractivity (Wildman–Crippen MR) is 137 cm³/mol. The van der Waals surface area contributed by atoms with Crippen LogP contribution in [0.3, 0.4) is 0 Å². The van der Waals surface area contributed by atoms with Gasteiger partial charge in [0, 0.05) is 13.1 Å². The second-order valence-electron chi connectivity index (χ2n) is 9.90. The average Bonchev–Trinajstić information content (AvgIpc) is 3.07. The summed E-state index contributed by atoms with van der Waals surface area (Å²) in [4.78, 5) is 26.8. The molecule has 1 aliphatic rings. The van der Waals surface area contributed by atoms with Crippen LogP contribution in [0.2, 0.25) is 0 Å². The van der Waals surface area contributed by atoms with Gasteiger partial charge in [-0.3, -0.25) is 9.59 Å². The molecule has 0 spiro atoms. The van der Waals surface area contributed by atoms with Crippen LogP contribution in [0.15, 0.2) is 59.5 Å². The first-order valence-electron chi connectivity index (χ1n) is 12.2. The van der Waals surface area contributed by atoms with Crippen molar-refractivity contribution in [1.29, 1.82) is 0 Å². The number of methoxy groups -OCH3 is 1. The summed E-state index contributed by atoms with van der Waals surface area (Å²) in [6, 6.07) is 14.5. The Labute approximate surface area is 214 Å². The summed E-state index contributed by atoms with van der Waals surface area (Å²) in [6.07, 6.45) is 2.16. The molecule has 36 heavy (non-hydrogen) atoms. The topological polar surface area (TPSA) is 102 Å². The van der Waals surface area contributed by atoms with Gasteiger partial charge in [-0.15, -0.1) is 0 Å². The lowest BCUT2D eigenvalue weighted by Crippen LogP contribution is -2.54. The van der Waals surface area contributed by atoms with Crippen molar-refractivity contribution in [2.45, 2.75) is 63.0 Å². The number of esters is 1. The fourth-order valence-electron chi connectivity index (χ4n) is 4.31. The minimum absolute atomic E-state index is 0.0296. The molecule has 1 heterocycles. The monoisotopic (exact) mass is 516 g/mol. The summed E-state index contributed by atoms with van der Waals surface area (Å²) in [5, 5.41) is 2.92. The first kappa shape index (κ1) is 27.7. The van der Waals surface area contributed by atoms with Crippen LogP contribution in [0.25, 0.3) is 0 Å². The standard InChI is InChI=1S/C27H36N2O6S/c1-27(2,3)35-26(31)24-23(25(30)28-18-17-20-10-6-5-7-11-20)12-8-9-19-29(24)36(32,33)22-15-13-21(34-4)14-16-22/h5-7,10-11,13-16,23-24H,8-9,12,17-19H2,1-4H3,(H,28,30). The van der Waals surface area contributed by atoms with E-state index in [1.807, 2.05) is 30.3 Å². The maximum absolute atomic E-state index is 13.7. The number of nitrogens with one attached hydrogen (secondary N) is 1. The Balaban J connectivity index is 1.90. The largest absolute Gasteiger partial charge is 0.497 e. The summed E-state index contributed by atoms with van der Waals surface area (Å²) in [6.45, 7) is 5.66. The molecule has 2 aromatic carbocycles. The van der Waals surface area contributed by atoms with Crippen molar-refractivity contribution < 1.29 is 27.5 Å². The molecule has 2 atom stereocenters. The van der Waals surface area contributed by atoms with Crippen LogP contribution in [0.5, 0.6) is 5.75 Å². The van der Waals surface area contributed by atoms with E-state index in [0.29, 0.717) is 38.0 Å². The average molecular weight is 517 g/mol. The van der Waals surface area contributed by atoms with E-state index < -0.39 is 33.6 Å². The Morgan fingerprint density at radius 2 is 1.69 bits per heavy atom. The number of carbonyl (C=O) groups excluding carboxylic acids is 2. The molecule has 0 bridgehead atoms. The molecule has 2 aromatic rings. The molecule has 1 saturated heterocycles. The summed E-state index contributed by atoms with van der Waals surface area (Å²) in [5.41, 5.74) is 0.235. The Kier molecular flexibility index (Phi) is 9.13. The molecule has 196 valence electrons. The highest BCUT2D eigenvalue weighted by atomic mass is 32.2. The van der Waals surface area contributed by atoms with E-state index in [4.69, 9.17) is 9.47 Å². The predicted octanol–water partition coefficient (Wildman–Crippen LogP) is 3.56. The van der Waals surface area contributed by atoms with Crippen LogP contribution in [0.1, 0.15) is 45.6 Å². The van der Waals surface area contributed by atoms with Crippen LogP contribution in [0.4, 0.5) is 0 Å². The Morgan fingerprint density at radius 3 is 2.31 bits per heavy atom. The number of amides is 1. The highest BCUT2D eigenvalue weighted by Crippen LogP contribution is 2.31. The van der Waals surface area contributed by atoms with Crippen molar-refractivity contribution in [3.8, 4) is 5.75 Å². The van der Waals surface area contributed by atoms with Gasteiger partial charge in [-0.2, -0.15) is 4.31 Å². The van der Waals surface area contributed by atoms with E-state index in [1.54, 1.807) is 32.9 Å². The minimum atomic E-state index is -4.09.